The summed E-state index contributed by atoms with van der Waals surface area (Å²) in [6, 6.07) is 6.72. The Morgan fingerprint density at radius 3 is 2.40 bits per heavy atom. The molecular weight excluding hydrogens is 283 g/mol. The molecule has 2 unspecified atom stereocenters. The van der Waals surface area contributed by atoms with Crippen molar-refractivity contribution in [3.63, 3.8) is 0 Å². The van der Waals surface area contributed by atoms with Gasteiger partial charge in [-0.25, -0.2) is 9.18 Å². The minimum Gasteiger partial charge on any atom is -0.467 e. The van der Waals surface area contributed by atoms with Crippen LogP contribution in [-0.2, 0) is 9.53 Å². The van der Waals surface area contributed by atoms with Gasteiger partial charge in [-0.3, -0.25) is 0 Å². The smallest absolute Gasteiger partial charge is 0.347 e. The van der Waals surface area contributed by atoms with Crippen molar-refractivity contribution in [3.05, 3.63) is 34.9 Å². The number of aliphatic hydroxyl groups is 1. The third-order valence-electron chi connectivity index (χ3n) is 3.88. The normalized spacial score (nSPS) is 20.9. The first-order valence-corrected chi connectivity index (χ1v) is 7.00. The van der Waals surface area contributed by atoms with Gasteiger partial charge in [0.15, 0.2) is 0 Å². The van der Waals surface area contributed by atoms with Crippen LogP contribution in [0.4, 0.5) is 4.39 Å². The molecule has 20 heavy (non-hydrogen) atoms. The fourth-order valence-corrected chi connectivity index (χ4v) is 2.80. The Bertz CT molecular complexity index is 484. The number of benzene rings is 1. The number of carbonyl (C=O) groups excluding carboxylic acids is 1. The number of esters is 1. The third kappa shape index (κ3) is 2.67. The maximum atomic E-state index is 15.3. The molecule has 5 heteroatoms. The molecule has 0 bridgehead atoms. The SMILES string of the molecule is COC(=O)C(F)(C(C)O)[C@@H](c1ccc(Cl)cc1)C1CC1. The third-order valence-corrected chi connectivity index (χ3v) is 4.13. The van der Waals surface area contributed by atoms with Crippen LogP contribution in [0.25, 0.3) is 0 Å². The molecule has 0 radical (unpaired) electrons. The summed E-state index contributed by atoms with van der Waals surface area (Å²) in [5.74, 6) is -1.71. The van der Waals surface area contributed by atoms with E-state index in [2.05, 4.69) is 4.74 Å². The Morgan fingerprint density at radius 2 is 2.00 bits per heavy atom. The maximum Gasteiger partial charge on any atom is 0.347 e. The molecule has 0 amide bonds. The summed E-state index contributed by atoms with van der Waals surface area (Å²) >= 11 is 5.84. The molecule has 0 spiro atoms. The number of carbonyl (C=O) groups is 1. The van der Waals surface area contributed by atoms with Crippen LogP contribution in [0.5, 0.6) is 0 Å². The molecule has 1 N–H and O–H groups in total. The topological polar surface area (TPSA) is 46.5 Å². The molecule has 0 aliphatic heterocycles. The van der Waals surface area contributed by atoms with Crippen LogP contribution in [0.15, 0.2) is 24.3 Å². The van der Waals surface area contributed by atoms with Gasteiger partial charge in [-0.2, -0.15) is 0 Å². The molecule has 3 atom stereocenters. The molecule has 0 saturated heterocycles. The van der Waals surface area contributed by atoms with E-state index < -0.39 is 23.7 Å². The Hall–Kier alpha value is -1.13. The summed E-state index contributed by atoms with van der Waals surface area (Å²) in [4.78, 5) is 11.9. The van der Waals surface area contributed by atoms with Gasteiger partial charge in [-0.1, -0.05) is 23.7 Å². The molecule has 1 aromatic carbocycles. The second kappa shape index (κ2) is 5.70. The van der Waals surface area contributed by atoms with Gasteiger partial charge in [-0.05, 0) is 43.4 Å². The van der Waals surface area contributed by atoms with Crippen molar-refractivity contribution < 1.29 is 19.0 Å². The second-order valence-corrected chi connectivity index (χ2v) is 5.74. The van der Waals surface area contributed by atoms with E-state index in [1.54, 1.807) is 24.3 Å². The van der Waals surface area contributed by atoms with Crippen LogP contribution in [-0.4, -0.2) is 30.0 Å². The quantitative estimate of drug-likeness (QED) is 0.850. The second-order valence-electron chi connectivity index (χ2n) is 5.30. The molecule has 1 aromatic rings. The van der Waals surface area contributed by atoms with E-state index in [4.69, 9.17) is 11.6 Å². The van der Waals surface area contributed by atoms with E-state index in [9.17, 15) is 9.90 Å². The lowest BCUT2D eigenvalue weighted by Gasteiger charge is -2.34. The number of hydrogen-bond donors (Lipinski definition) is 1. The van der Waals surface area contributed by atoms with Crippen molar-refractivity contribution >= 4 is 17.6 Å². The summed E-state index contributed by atoms with van der Waals surface area (Å²) in [7, 11) is 1.13. The van der Waals surface area contributed by atoms with E-state index in [-0.39, 0.29) is 5.92 Å². The highest BCUT2D eigenvalue weighted by Gasteiger charge is 2.57. The molecular formula is C15H18ClFO3. The van der Waals surface area contributed by atoms with Crippen molar-refractivity contribution in [2.75, 3.05) is 7.11 Å². The van der Waals surface area contributed by atoms with Crippen molar-refractivity contribution in [3.8, 4) is 0 Å². The van der Waals surface area contributed by atoms with E-state index >= 15 is 4.39 Å². The van der Waals surface area contributed by atoms with Crippen molar-refractivity contribution in [1.82, 2.24) is 0 Å². The fraction of sp³-hybridized carbons (Fsp3) is 0.533. The molecule has 0 aromatic heterocycles. The van der Waals surface area contributed by atoms with E-state index in [0.717, 1.165) is 20.0 Å². The number of ether oxygens (including phenoxy) is 1. The van der Waals surface area contributed by atoms with E-state index in [1.165, 1.54) is 6.92 Å². The zero-order chi connectivity index (χ0) is 14.9. The minimum atomic E-state index is -2.44. The predicted octanol–water partition coefficient (Wildman–Crippen LogP) is 3.10. The van der Waals surface area contributed by atoms with Gasteiger partial charge in [0.2, 0.25) is 5.67 Å². The van der Waals surface area contributed by atoms with E-state index in [0.29, 0.717) is 10.6 Å². The number of hydrogen-bond acceptors (Lipinski definition) is 3. The van der Waals surface area contributed by atoms with Crippen molar-refractivity contribution in [2.24, 2.45) is 5.92 Å². The fourth-order valence-electron chi connectivity index (χ4n) is 2.67. The summed E-state index contributed by atoms with van der Waals surface area (Å²) in [6.45, 7) is 1.28. The maximum absolute atomic E-state index is 15.3. The number of rotatable bonds is 5. The molecule has 1 saturated carbocycles. The van der Waals surface area contributed by atoms with Gasteiger partial charge < -0.3 is 9.84 Å². The number of alkyl halides is 1. The van der Waals surface area contributed by atoms with E-state index in [1.807, 2.05) is 0 Å². The van der Waals surface area contributed by atoms with Crippen LogP contribution >= 0.6 is 11.6 Å². The van der Waals surface area contributed by atoms with Crippen LogP contribution < -0.4 is 0 Å². The average Bonchev–Trinajstić information content (AvgIpc) is 3.24. The average molecular weight is 301 g/mol. The van der Waals surface area contributed by atoms with Crippen LogP contribution in [0.3, 0.4) is 0 Å². The predicted molar refractivity (Wildman–Crippen MR) is 74.5 cm³/mol. The molecule has 3 nitrogen and oxygen atoms in total. The number of methoxy groups -OCH3 is 1. The largest absolute Gasteiger partial charge is 0.467 e. The minimum absolute atomic E-state index is 0.0369. The lowest BCUT2D eigenvalue weighted by molar-refractivity contribution is -0.166. The van der Waals surface area contributed by atoms with Crippen molar-refractivity contribution in [2.45, 2.75) is 37.5 Å². The standard InChI is InChI=1S/C15H18ClFO3/c1-9(18)15(17,14(19)20-2)13(10-3-4-10)11-5-7-12(16)8-6-11/h5-10,13,18H,3-4H2,1-2H3/t9?,13-,15?/m1/s1. The Kier molecular flexibility index (Phi) is 4.35. The molecule has 2 rings (SSSR count). The zero-order valence-corrected chi connectivity index (χ0v) is 12.2. The van der Waals surface area contributed by atoms with Crippen LogP contribution in [0.2, 0.25) is 5.02 Å². The van der Waals surface area contributed by atoms with Gasteiger partial charge in [0.05, 0.1) is 13.2 Å². The highest BCUT2D eigenvalue weighted by Crippen LogP contribution is 2.51. The van der Waals surface area contributed by atoms with Gasteiger partial charge in [0, 0.05) is 10.9 Å². The first-order valence-electron chi connectivity index (χ1n) is 6.62. The van der Waals surface area contributed by atoms with Crippen molar-refractivity contribution in [1.29, 1.82) is 0 Å². The summed E-state index contributed by atoms with van der Waals surface area (Å²) < 4.78 is 19.9. The Labute approximate surface area is 122 Å². The van der Waals surface area contributed by atoms with Gasteiger partial charge >= 0.3 is 5.97 Å². The molecule has 0 heterocycles. The highest BCUT2D eigenvalue weighted by molar-refractivity contribution is 6.30. The lowest BCUT2D eigenvalue weighted by Crippen LogP contribution is -2.50. The molecule has 1 fully saturated rings. The Morgan fingerprint density at radius 1 is 1.45 bits per heavy atom. The first kappa shape index (κ1) is 15.3. The zero-order valence-electron chi connectivity index (χ0n) is 11.5. The van der Waals surface area contributed by atoms with Crippen LogP contribution in [0.1, 0.15) is 31.2 Å². The monoisotopic (exact) mass is 300 g/mol. The summed E-state index contributed by atoms with van der Waals surface area (Å²) in [5, 5.41) is 10.4. The molecule has 110 valence electrons. The van der Waals surface area contributed by atoms with Gasteiger partial charge in [0.1, 0.15) is 0 Å². The highest BCUT2D eigenvalue weighted by atomic mass is 35.5. The lowest BCUT2D eigenvalue weighted by atomic mass is 9.77. The first-order chi connectivity index (χ1) is 9.41. The molecule has 1 aliphatic rings. The summed E-state index contributed by atoms with van der Waals surface area (Å²) in [6.07, 6.45) is 0.224. The van der Waals surface area contributed by atoms with Gasteiger partial charge in [0.25, 0.3) is 0 Å². The summed E-state index contributed by atoms with van der Waals surface area (Å²) in [5.41, 5.74) is -1.78. The Balaban J connectivity index is 2.45. The number of aliphatic hydroxyl groups excluding tert-OH is 1. The van der Waals surface area contributed by atoms with Gasteiger partial charge in [-0.15, -0.1) is 0 Å². The van der Waals surface area contributed by atoms with Crippen LogP contribution in [0, 0.1) is 5.92 Å². The number of halogens is 2. The molecule has 1 aliphatic carbocycles.